The summed E-state index contributed by atoms with van der Waals surface area (Å²) in [6.07, 6.45) is 0. The predicted octanol–water partition coefficient (Wildman–Crippen LogP) is 3.75. The molecule has 0 spiro atoms. The normalized spacial score (nSPS) is 10.6. The minimum absolute atomic E-state index is 0.255. The molecule has 0 radical (unpaired) electrons. The van der Waals surface area contributed by atoms with Crippen LogP contribution in [0.4, 0.5) is 5.69 Å². The zero-order valence-electron chi connectivity index (χ0n) is 11.8. The van der Waals surface area contributed by atoms with Gasteiger partial charge in [0.05, 0.1) is 5.56 Å². The summed E-state index contributed by atoms with van der Waals surface area (Å²) in [4.78, 5) is 11.9. The molecule has 3 nitrogen and oxygen atoms in total. The van der Waals surface area contributed by atoms with Crippen molar-refractivity contribution in [3.05, 3.63) is 65.2 Å². The number of carbonyl (C=O) groups is 1. The van der Waals surface area contributed by atoms with E-state index in [9.17, 15) is 4.79 Å². The third kappa shape index (κ3) is 3.38. The molecule has 0 saturated carbocycles. The van der Waals surface area contributed by atoms with E-state index < -0.39 is 5.97 Å². The predicted molar refractivity (Wildman–Crippen MR) is 80.5 cm³/mol. The van der Waals surface area contributed by atoms with Crippen molar-refractivity contribution in [2.45, 2.75) is 26.4 Å². The Balaban J connectivity index is 1.98. The van der Waals surface area contributed by atoms with Gasteiger partial charge in [-0.15, -0.1) is 0 Å². The van der Waals surface area contributed by atoms with Gasteiger partial charge < -0.3 is 10.5 Å². The zero-order valence-corrected chi connectivity index (χ0v) is 11.8. The van der Waals surface area contributed by atoms with Gasteiger partial charge in [0.1, 0.15) is 6.61 Å². The number of para-hydroxylation sites is 1. The van der Waals surface area contributed by atoms with Crippen LogP contribution in [0.5, 0.6) is 0 Å². The number of hydrogen-bond donors (Lipinski definition) is 1. The van der Waals surface area contributed by atoms with Crippen LogP contribution < -0.4 is 5.73 Å². The van der Waals surface area contributed by atoms with Crippen molar-refractivity contribution in [2.75, 3.05) is 5.73 Å². The molecule has 0 heterocycles. The van der Waals surface area contributed by atoms with Crippen LogP contribution in [-0.4, -0.2) is 5.97 Å². The molecule has 2 aromatic rings. The second kappa shape index (κ2) is 6.24. The van der Waals surface area contributed by atoms with Crippen LogP contribution in [-0.2, 0) is 11.3 Å². The number of hydrogen-bond acceptors (Lipinski definition) is 3. The van der Waals surface area contributed by atoms with Crippen LogP contribution in [0.1, 0.15) is 41.3 Å². The summed E-state index contributed by atoms with van der Waals surface area (Å²) in [5.41, 5.74) is 8.83. The van der Waals surface area contributed by atoms with Crippen molar-refractivity contribution in [1.82, 2.24) is 0 Å². The van der Waals surface area contributed by atoms with Crippen LogP contribution in [0.3, 0.4) is 0 Å². The molecular weight excluding hydrogens is 250 g/mol. The lowest BCUT2D eigenvalue weighted by Gasteiger charge is -2.09. The Bertz CT molecular complexity index is 588. The lowest BCUT2D eigenvalue weighted by molar-refractivity contribution is 0.0474. The Kier molecular flexibility index (Phi) is 4.41. The fraction of sp³-hybridized carbons (Fsp3) is 0.235. The number of ether oxygens (including phenoxy) is 1. The maximum absolute atomic E-state index is 11.9. The van der Waals surface area contributed by atoms with E-state index in [0.717, 1.165) is 5.56 Å². The lowest BCUT2D eigenvalue weighted by Crippen LogP contribution is -2.08. The van der Waals surface area contributed by atoms with E-state index in [1.54, 1.807) is 24.3 Å². The molecule has 2 N–H and O–H groups in total. The van der Waals surface area contributed by atoms with Gasteiger partial charge in [0, 0.05) is 5.69 Å². The number of esters is 1. The highest BCUT2D eigenvalue weighted by Gasteiger charge is 2.10. The largest absolute Gasteiger partial charge is 0.457 e. The Morgan fingerprint density at radius 2 is 1.75 bits per heavy atom. The molecule has 0 aliphatic rings. The fourth-order valence-corrected chi connectivity index (χ4v) is 1.91. The van der Waals surface area contributed by atoms with Crippen molar-refractivity contribution < 1.29 is 9.53 Å². The first-order chi connectivity index (χ1) is 9.58. The molecule has 0 atom stereocenters. The van der Waals surface area contributed by atoms with Crippen molar-refractivity contribution in [1.29, 1.82) is 0 Å². The standard InChI is InChI=1S/C17H19NO2/c1-12(2)14-9-7-13(8-10-14)11-20-17(19)15-5-3-4-6-16(15)18/h3-10,12H,11,18H2,1-2H3. The summed E-state index contributed by atoms with van der Waals surface area (Å²) >= 11 is 0. The van der Waals surface area contributed by atoms with Crippen LogP contribution in [0.2, 0.25) is 0 Å². The van der Waals surface area contributed by atoms with Gasteiger partial charge in [-0.2, -0.15) is 0 Å². The van der Waals surface area contributed by atoms with E-state index in [1.165, 1.54) is 5.56 Å². The van der Waals surface area contributed by atoms with E-state index in [-0.39, 0.29) is 6.61 Å². The van der Waals surface area contributed by atoms with Crippen LogP contribution in [0, 0.1) is 0 Å². The third-order valence-corrected chi connectivity index (χ3v) is 3.20. The second-order valence-electron chi connectivity index (χ2n) is 5.06. The number of nitrogen functional groups attached to an aromatic ring is 1. The molecule has 0 aromatic heterocycles. The van der Waals surface area contributed by atoms with Crippen molar-refractivity contribution in [3.63, 3.8) is 0 Å². The van der Waals surface area contributed by atoms with Gasteiger partial charge in [-0.3, -0.25) is 0 Å². The summed E-state index contributed by atoms with van der Waals surface area (Å²) in [5, 5.41) is 0. The highest BCUT2D eigenvalue weighted by Crippen LogP contribution is 2.16. The van der Waals surface area contributed by atoms with Gasteiger partial charge in [-0.05, 0) is 29.2 Å². The van der Waals surface area contributed by atoms with Gasteiger partial charge in [-0.25, -0.2) is 4.79 Å². The van der Waals surface area contributed by atoms with E-state index in [0.29, 0.717) is 17.2 Å². The second-order valence-corrected chi connectivity index (χ2v) is 5.06. The Morgan fingerprint density at radius 1 is 1.10 bits per heavy atom. The molecule has 0 fully saturated rings. The number of carbonyl (C=O) groups excluding carboxylic acids is 1. The molecule has 0 saturated heterocycles. The average Bonchev–Trinajstić information content (AvgIpc) is 2.45. The molecule has 2 aromatic carbocycles. The van der Waals surface area contributed by atoms with Crippen molar-refractivity contribution >= 4 is 11.7 Å². The summed E-state index contributed by atoms with van der Waals surface area (Å²) in [6.45, 7) is 4.55. The third-order valence-electron chi connectivity index (χ3n) is 3.20. The Morgan fingerprint density at radius 3 is 2.35 bits per heavy atom. The molecular formula is C17H19NO2. The maximum Gasteiger partial charge on any atom is 0.340 e. The number of benzene rings is 2. The molecule has 0 amide bonds. The molecule has 0 bridgehead atoms. The maximum atomic E-state index is 11.9. The quantitative estimate of drug-likeness (QED) is 0.679. The van der Waals surface area contributed by atoms with Crippen LogP contribution in [0.25, 0.3) is 0 Å². The van der Waals surface area contributed by atoms with Crippen LogP contribution >= 0.6 is 0 Å². The monoisotopic (exact) mass is 269 g/mol. The summed E-state index contributed by atoms with van der Waals surface area (Å²) in [7, 11) is 0. The molecule has 0 unspecified atom stereocenters. The number of nitrogens with two attached hydrogens (primary N) is 1. The van der Waals surface area contributed by atoms with Gasteiger partial charge in [0.25, 0.3) is 0 Å². The fourth-order valence-electron chi connectivity index (χ4n) is 1.91. The zero-order chi connectivity index (χ0) is 14.5. The first-order valence-corrected chi connectivity index (χ1v) is 6.68. The van der Waals surface area contributed by atoms with Gasteiger partial charge in [0.2, 0.25) is 0 Å². The molecule has 20 heavy (non-hydrogen) atoms. The molecule has 104 valence electrons. The average molecular weight is 269 g/mol. The summed E-state index contributed by atoms with van der Waals surface area (Å²) < 4.78 is 5.28. The van der Waals surface area contributed by atoms with E-state index in [4.69, 9.17) is 10.5 Å². The minimum Gasteiger partial charge on any atom is -0.457 e. The van der Waals surface area contributed by atoms with Crippen molar-refractivity contribution in [2.24, 2.45) is 0 Å². The molecule has 0 aliphatic heterocycles. The Labute approximate surface area is 119 Å². The number of anilines is 1. The molecule has 2 rings (SSSR count). The molecule has 0 aliphatic carbocycles. The highest BCUT2D eigenvalue weighted by atomic mass is 16.5. The van der Waals surface area contributed by atoms with Gasteiger partial charge >= 0.3 is 5.97 Å². The summed E-state index contributed by atoms with van der Waals surface area (Å²) in [6, 6.07) is 15.0. The minimum atomic E-state index is -0.393. The van der Waals surface area contributed by atoms with Crippen LogP contribution in [0.15, 0.2) is 48.5 Å². The lowest BCUT2D eigenvalue weighted by atomic mass is 10.0. The Hall–Kier alpha value is -2.29. The van der Waals surface area contributed by atoms with E-state index >= 15 is 0 Å². The highest BCUT2D eigenvalue weighted by molar-refractivity contribution is 5.94. The first-order valence-electron chi connectivity index (χ1n) is 6.68. The SMILES string of the molecule is CC(C)c1ccc(COC(=O)c2ccccc2N)cc1. The smallest absolute Gasteiger partial charge is 0.340 e. The van der Waals surface area contributed by atoms with E-state index in [1.807, 2.05) is 12.1 Å². The van der Waals surface area contributed by atoms with E-state index in [2.05, 4.69) is 26.0 Å². The first kappa shape index (κ1) is 14.1. The van der Waals surface area contributed by atoms with Crippen molar-refractivity contribution in [3.8, 4) is 0 Å². The van der Waals surface area contributed by atoms with Gasteiger partial charge in [-0.1, -0.05) is 50.2 Å². The summed E-state index contributed by atoms with van der Waals surface area (Å²) in [5.74, 6) is 0.103. The molecule has 3 heteroatoms. The topological polar surface area (TPSA) is 52.3 Å². The number of rotatable bonds is 4. The van der Waals surface area contributed by atoms with Gasteiger partial charge in [0.15, 0.2) is 0 Å².